The first-order chi connectivity index (χ1) is 17.4. The molecule has 0 heterocycles. The van der Waals surface area contributed by atoms with Crippen molar-refractivity contribution < 1.29 is 0 Å². The molecule has 0 saturated heterocycles. The molecular formula is C34H23N. The maximum atomic E-state index is 3.77. The number of fused-ring (bicyclic) bond motifs is 11. The fourth-order valence-electron chi connectivity index (χ4n) is 6.89. The van der Waals surface area contributed by atoms with Crippen molar-refractivity contribution in [3.05, 3.63) is 160 Å². The molecule has 0 bridgehead atoms. The van der Waals surface area contributed by atoms with Crippen molar-refractivity contribution in [2.75, 3.05) is 5.32 Å². The van der Waals surface area contributed by atoms with Gasteiger partial charge < -0.3 is 5.32 Å². The highest BCUT2D eigenvalue weighted by atomic mass is 14.9. The van der Waals surface area contributed by atoms with E-state index in [0.29, 0.717) is 0 Å². The summed E-state index contributed by atoms with van der Waals surface area (Å²) in [4.78, 5) is 0. The molecule has 164 valence electrons. The molecule has 1 nitrogen and oxygen atoms in total. The Morgan fingerprint density at radius 3 is 1.86 bits per heavy atom. The highest BCUT2D eigenvalue weighted by Crippen LogP contribution is 2.66. The second-order valence-corrected chi connectivity index (χ2v) is 9.75. The van der Waals surface area contributed by atoms with E-state index in [0.717, 1.165) is 12.1 Å². The van der Waals surface area contributed by atoms with Crippen molar-refractivity contribution in [2.24, 2.45) is 0 Å². The first-order valence-electron chi connectivity index (χ1n) is 12.3. The first-order valence-corrected chi connectivity index (χ1v) is 12.3. The lowest BCUT2D eigenvalue weighted by Crippen LogP contribution is -2.28. The second-order valence-electron chi connectivity index (χ2n) is 9.75. The standard InChI is InChI=1S/C34H23N/c1-2-12-23(13-3-1)35-31-20-10-19-29-33(31)32-24-14-5-4-11-22(24)21-30(32)34(29)27-17-8-6-15-25(27)26-16-7-9-18-28(26)34/h1-20,35H,21H2. The summed E-state index contributed by atoms with van der Waals surface area (Å²) >= 11 is 0. The monoisotopic (exact) mass is 445 g/mol. The van der Waals surface area contributed by atoms with Crippen LogP contribution >= 0.6 is 0 Å². The minimum absolute atomic E-state index is 0.259. The van der Waals surface area contributed by atoms with Gasteiger partial charge in [0.05, 0.1) is 5.41 Å². The van der Waals surface area contributed by atoms with Gasteiger partial charge in [0, 0.05) is 16.9 Å². The average molecular weight is 446 g/mol. The van der Waals surface area contributed by atoms with Gasteiger partial charge in [-0.25, -0.2) is 0 Å². The number of para-hydroxylation sites is 1. The Balaban J connectivity index is 1.50. The Morgan fingerprint density at radius 1 is 0.514 bits per heavy atom. The first kappa shape index (κ1) is 19.0. The van der Waals surface area contributed by atoms with Crippen molar-refractivity contribution in [3.63, 3.8) is 0 Å². The highest BCUT2D eigenvalue weighted by Gasteiger charge is 2.55. The molecule has 1 spiro atoms. The molecule has 0 amide bonds. The van der Waals surface area contributed by atoms with Crippen LogP contribution in [-0.2, 0) is 11.8 Å². The van der Waals surface area contributed by atoms with E-state index in [9.17, 15) is 0 Å². The normalized spacial score (nSPS) is 15.4. The van der Waals surface area contributed by atoms with E-state index in [1.807, 2.05) is 0 Å². The lowest BCUT2D eigenvalue weighted by atomic mass is 9.69. The SMILES string of the molecule is c1ccc(Nc2cccc3c2C2=C(Cc4ccccc42)C32c3ccccc3-c3ccccc32)cc1. The molecule has 3 aliphatic carbocycles. The van der Waals surface area contributed by atoms with E-state index >= 15 is 0 Å². The van der Waals surface area contributed by atoms with Crippen LogP contribution in [0.4, 0.5) is 11.4 Å². The zero-order valence-electron chi connectivity index (χ0n) is 19.3. The molecule has 0 aliphatic heterocycles. The molecule has 0 fully saturated rings. The molecule has 0 aromatic heterocycles. The Bertz CT molecular complexity index is 1640. The maximum Gasteiger partial charge on any atom is 0.0692 e. The van der Waals surface area contributed by atoms with E-state index in [4.69, 9.17) is 0 Å². The summed E-state index contributed by atoms with van der Waals surface area (Å²) in [6.45, 7) is 0. The second kappa shape index (κ2) is 6.84. The van der Waals surface area contributed by atoms with Gasteiger partial charge >= 0.3 is 0 Å². The maximum absolute atomic E-state index is 3.77. The Kier molecular flexibility index (Phi) is 3.71. The molecular weight excluding hydrogens is 422 g/mol. The van der Waals surface area contributed by atoms with E-state index < -0.39 is 0 Å². The number of benzene rings is 5. The molecule has 1 heteroatoms. The van der Waals surface area contributed by atoms with E-state index in [1.165, 1.54) is 61.3 Å². The average Bonchev–Trinajstić information content (AvgIpc) is 3.53. The number of rotatable bonds is 2. The number of hydrogen-bond donors (Lipinski definition) is 1. The summed E-state index contributed by atoms with van der Waals surface area (Å²) in [5.74, 6) is 0. The summed E-state index contributed by atoms with van der Waals surface area (Å²) in [7, 11) is 0. The zero-order valence-corrected chi connectivity index (χ0v) is 19.3. The summed E-state index contributed by atoms with van der Waals surface area (Å²) in [5, 5.41) is 3.77. The molecule has 3 aliphatic rings. The number of hydrogen-bond acceptors (Lipinski definition) is 1. The molecule has 5 aromatic carbocycles. The highest BCUT2D eigenvalue weighted by molar-refractivity contribution is 6.04. The summed E-state index contributed by atoms with van der Waals surface area (Å²) in [5.41, 5.74) is 16.1. The van der Waals surface area contributed by atoms with Crippen molar-refractivity contribution in [2.45, 2.75) is 11.8 Å². The fraction of sp³-hybridized carbons (Fsp3) is 0.0588. The van der Waals surface area contributed by atoms with Gasteiger partial charge in [-0.1, -0.05) is 103 Å². The van der Waals surface area contributed by atoms with Crippen molar-refractivity contribution >= 4 is 16.9 Å². The smallest absolute Gasteiger partial charge is 0.0692 e. The predicted octanol–water partition coefficient (Wildman–Crippen LogP) is 8.12. The van der Waals surface area contributed by atoms with Gasteiger partial charge in [0.1, 0.15) is 0 Å². The van der Waals surface area contributed by atoms with Crippen LogP contribution in [0.25, 0.3) is 16.7 Å². The largest absolute Gasteiger partial charge is 0.355 e. The quantitative estimate of drug-likeness (QED) is 0.289. The van der Waals surface area contributed by atoms with Crippen molar-refractivity contribution in [1.29, 1.82) is 0 Å². The number of anilines is 2. The summed E-state index contributed by atoms with van der Waals surface area (Å²) in [6.07, 6.45) is 0.980. The predicted molar refractivity (Wildman–Crippen MR) is 144 cm³/mol. The topological polar surface area (TPSA) is 12.0 Å². The minimum Gasteiger partial charge on any atom is -0.355 e. The van der Waals surface area contributed by atoms with Gasteiger partial charge in [-0.3, -0.25) is 0 Å². The van der Waals surface area contributed by atoms with Crippen LogP contribution in [0, 0.1) is 0 Å². The van der Waals surface area contributed by atoms with Gasteiger partial charge in [-0.2, -0.15) is 0 Å². The van der Waals surface area contributed by atoms with Gasteiger partial charge in [0.15, 0.2) is 0 Å². The molecule has 1 N–H and O–H groups in total. The van der Waals surface area contributed by atoms with E-state index in [2.05, 4.69) is 127 Å². The lowest BCUT2D eigenvalue weighted by molar-refractivity contribution is 0.745. The Hall–Kier alpha value is -4.36. The van der Waals surface area contributed by atoms with Crippen molar-refractivity contribution in [3.8, 4) is 11.1 Å². The van der Waals surface area contributed by atoms with Crippen LogP contribution in [-0.4, -0.2) is 0 Å². The third-order valence-electron chi connectivity index (χ3n) is 8.13. The van der Waals surface area contributed by atoms with Crippen LogP contribution in [0.2, 0.25) is 0 Å². The van der Waals surface area contributed by atoms with Crippen LogP contribution in [0.3, 0.4) is 0 Å². The molecule has 0 unspecified atom stereocenters. The van der Waals surface area contributed by atoms with E-state index in [-0.39, 0.29) is 5.41 Å². The van der Waals surface area contributed by atoms with Gasteiger partial charge in [-0.05, 0) is 74.7 Å². The van der Waals surface area contributed by atoms with Gasteiger partial charge in [0.2, 0.25) is 0 Å². The van der Waals surface area contributed by atoms with Crippen LogP contribution < -0.4 is 5.32 Å². The van der Waals surface area contributed by atoms with Gasteiger partial charge in [0.25, 0.3) is 0 Å². The molecule has 0 saturated carbocycles. The van der Waals surface area contributed by atoms with Crippen LogP contribution in [0.5, 0.6) is 0 Å². The minimum atomic E-state index is -0.259. The number of nitrogens with one attached hydrogen (secondary N) is 1. The summed E-state index contributed by atoms with van der Waals surface area (Å²) in [6, 6.07) is 44.4. The van der Waals surface area contributed by atoms with Crippen LogP contribution in [0.1, 0.15) is 33.4 Å². The Morgan fingerprint density at radius 2 is 1.11 bits per heavy atom. The lowest BCUT2D eigenvalue weighted by Gasteiger charge is -2.32. The van der Waals surface area contributed by atoms with Gasteiger partial charge in [-0.15, -0.1) is 0 Å². The molecule has 35 heavy (non-hydrogen) atoms. The Labute approximate surface area is 205 Å². The molecule has 0 atom stereocenters. The van der Waals surface area contributed by atoms with Crippen molar-refractivity contribution in [1.82, 2.24) is 0 Å². The fourth-order valence-corrected chi connectivity index (χ4v) is 6.89. The summed E-state index contributed by atoms with van der Waals surface area (Å²) < 4.78 is 0. The molecule has 8 rings (SSSR count). The van der Waals surface area contributed by atoms with E-state index in [1.54, 1.807) is 0 Å². The zero-order chi connectivity index (χ0) is 23.0. The third-order valence-corrected chi connectivity index (χ3v) is 8.13. The molecule has 5 aromatic rings. The third kappa shape index (κ3) is 2.33. The van der Waals surface area contributed by atoms with Crippen LogP contribution in [0.15, 0.2) is 127 Å². The molecule has 0 radical (unpaired) electrons. The number of allylic oxidation sites excluding steroid dienone is 1.